The van der Waals surface area contributed by atoms with Crippen molar-refractivity contribution in [3.63, 3.8) is 0 Å². The fourth-order valence-electron chi connectivity index (χ4n) is 1.73. The predicted octanol–water partition coefficient (Wildman–Crippen LogP) is 2.24. The van der Waals surface area contributed by atoms with Crippen LogP contribution >= 0.6 is 11.8 Å². The molecule has 0 aromatic heterocycles. The Labute approximate surface area is 117 Å². The highest BCUT2D eigenvalue weighted by molar-refractivity contribution is 7.98. The molecule has 0 aliphatic carbocycles. The fraction of sp³-hybridized carbons (Fsp3) is 0.429. The number of aryl methyl sites for hydroxylation is 1. The standard InChI is InChI=1S/C14H19NO3S/c1-9-5-4-6-11(10(9)2)13(16)15-12(14(17)18)7-8-19-3/h4-6,12H,7-8H2,1-3H3,(H,15,16)(H,17,18). The Balaban J connectivity index is 2.82. The summed E-state index contributed by atoms with van der Waals surface area (Å²) < 4.78 is 0. The van der Waals surface area contributed by atoms with Crippen LogP contribution in [0.4, 0.5) is 0 Å². The van der Waals surface area contributed by atoms with E-state index in [-0.39, 0.29) is 5.91 Å². The summed E-state index contributed by atoms with van der Waals surface area (Å²) in [6, 6.07) is 4.61. The summed E-state index contributed by atoms with van der Waals surface area (Å²) in [5.74, 6) is -0.619. The lowest BCUT2D eigenvalue weighted by molar-refractivity contribution is -0.139. The molecule has 19 heavy (non-hydrogen) atoms. The summed E-state index contributed by atoms with van der Waals surface area (Å²) in [5.41, 5.74) is 2.44. The highest BCUT2D eigenvalue weighted by Gasteiger charge is 2.21. The lowest BCUT2D eigenvalue weighted by atomic mass is 10.0. The lowest BCUT2D eigenvalue weighted by Crippen LogP contribution is -2.41. The molecular formula is C14H19NO3S. The second-order valence-corrected chi connectivity index (χ2v) is 5.38. The number of aliphatic carboxylic acids is 1. The molecule has 1 atom stereocenters. The van der Waals surface area contributed by atoms with Crippen LogP contribution in [0.15, 0.2) is 18.2 Å². The van der Waals surface area contributed by atoms with Gasteiger partial charge in [0.2, 0.25) is 0 Å². The average molecular weight is 281 g/mol. The van der Waals surface area contributed by atoms with E-state index < -0.39 is 12.0 Å². The normalized spacial score (nSPS) is 11.9. The Morgan fingerprint density at radius 1 is 1.37 bits per heavy atom. The third-order valence-corrected chi connectivity index (χ3v) is 3.71. The van der Waals surface area contributed by atoms with E-state index in [1.165, 1.54) is 0 Å². The van der Waals surface area contributed by atoms with Gasteiger partial charge in [0, 0.05) is 5.56 Å². The van der Waals surface area contributed by atoms with Gasteiger partial charge in [-0.1, -0.05) is 12.1 Å². The molecule has 5 heteroatoms. The minimum Gasteiger partial charge on any atom is -0.480 e. The van der Waals surface area contributed by atoms with Crippen molar-refractivity contribution < 1.29 is 14.7 Å². The number of carbonyl (C=O) groups is 2. The molecule has 0 radical (unpaired) electrons. The lowest BCUT2D eigenvalue weighted by Gasteiger charge is -2.15. The smallest absolute Gasteiger partial charge is 0.326 e. The first kappa shape index (κ1) is 15.6. The molecule has 104 valence electrons. The van der Waals surface area contributed by atoms with Gasteiger partial charge in [0.25, 0.3) is 5.91 Å². The molecule has 0 heterocycles. The number of thioether (sulfide) groups is 1. The van der Waals surface area contributed by atoms with Crippen molar-refractivity contribution in [3.8, 4) is 0 Å². The molecule has 0 fully saturated rings. The van der Waals surface area contributed by atoms with Gasteiger partial charge in [0.05, 0.1) is 0 Å². The molecule has 0 aliphatic heterocycles. The van der Waals surface area contributed by atoms with Gasteiger partial charge in [-0.15, -0.1) is 0 Å². The molecule has 0 saturated heterocycles. The molecule has 1 amide bonds. The molecule has 1 unspecified atom stereocenters. The Morgan fingerprint density at radius 3 is 2.63 bits per heavy atom. The monoisotopic (exact) mass is 281 g/mol. The number of carboxylic acids is 1. The first-order valence-corrected chi connectivity index (χ1v) is 7.45. The van der Waals surface area contributed by atoms with E-state index in [0.717, 1.165) is 11.1 Å². The molecule has 1 rings (SSSR count). The summed E-state index contributed by atoms with van der Waals surface area (Å²) in [7, 11) is 0. The minimum atomic E-state index is -0.993. The molecule has 0 saturated carbocycles. The van der Waals surface area contributed by atoms with Crippen LogP contribution in [-0.4, -0.2) is 35.0 Å². The molecule has 0 spiro atoms. The Morgan fingerprint density at radius 2 is 2.05 bits per heavy atom. The molecule has 0 aliphatic rings. The van der Waals surface area contributed by atoms with Crippen LogP contribution in [-0.2, 0) is 4.79 Å². The summed E-state index contributed by atoms with van der Waals surface area (Å²) in [6.07, 6.45) is 2.33. The van der Waals surface area contributed by atoms with Crippen molar-refractivity contribution in [1.29, 1.82) is 0 Å². The van der Waals surface area contributed by atoms with E-state index in [0.29, 0.717) is 17.7 Å². The molecule has 1 aromatic rings. The first-order chi connectivity index (χ1) is 8.97. The van der Waals surface area contributed by atoms with E-state index in [4.69, 9.17) is 5.11 Å². The van der Waals surface area contributed by atoms with Crippen molar-refractivity contribution in [2.45, 2.75) is 26.3 Å². The number of hydrogen-bond donors (Lipinski definition) is 2. The second kappa shape index (κ2) is 7.19. The quantitative estimate of drug-likeness (QED) is 0.839. The molecule has 4 nitrogen and oxygen atoms in total. The van der Waals surface area contributed by atoms with Crippen LogP contribution < -0.4 is 5.32 Å². The third kappa shape index (κ3) is 4.28. The van der Waals surface area contributed by atoms with Gasteiger partial charge in [-0.05, 0) is 49.5 Å². The van der Waals surface area contributed by atoms with Crippen molar-refractivity contribution in [2.24, 2.45) is 0 Å². The average Bonchev–Trinajstić information content (AvgIpc) is 2.37. The number of nitrogens with one attached hydrogen (secondary N) is 1. The fourth-order valence-corrected chi connectivity index (χ4v) is 2.20. The van der Waals surface area contributed by atoms with Gasteiger partial charge in [-0.3, -0.25) is 4.79 Å². The number of amides is 1. The first-order valence-electron chi connectivity index (χ1n) is 6.06. The maximum absolute atomic E-state index is 12.1. The van der Waals surface area contributed by atoms with E-state index in [9.17, 15) is 9.59 Å². The van der Waals surface area contributed by atoms with Crippen LogP contribution in [0.3, 0.4) is 0 Å². The predicted molar refractivity (Wildman–Crippen MR) is 77.8 cm³/mol. The van der Waals surface area contributed by atoms with Gasteiger partial charge in [-0.25, -0.2) is 4.79 Å². The van der Waals surface area contributed by atoms with E-state index >= 15 is 0 Å². The highest BCUT2D eigenvalue weighted by Crippen LogP contribution is 2.13. The van der Waals surface area contributed by atoms with E-state index in [1.54, 1.807) is 23.9 Å². The van der Waals surface area contributed by atoms with Gasteiger partial charge in [0.15, 0.2) is 0 Å². The maximum atomic E-state index is 12.1. The maximum Gasteiger partial charge on any atom is 0.326 e. The Kier molecular flexibility index (Phi) is 5.89. The number of carbonyl (C=O) groups excluding carboxylic acids is 1. The van der Waals surface area contributed by atoms with Gasteiger partial charge >= 0.3 is 5.97 Å². The molecule has 2 N–H and O–H groups in total. The zero-order valence-corrected chi connectivity index (χ0v) is 12.2. The van der Waals surface area contributed by atoms with Gasteiger partial charge in [-0.2, -0.15) is 11.8 Å². The number of rotatable bonds is 6. The second-order valence-electron chi connectivity index (χ2n) is 4.39. The summed E-state index contributed by atoms with van der Waals surface area (Å²) in [4.78, 5) is 23.2. The van der Waals surface area contributed by atoms with Crippen molar-refractivity contribution in [2.75, 3.05) is 12.0 Å². The number of carboxylic acid groups (broad SMARTS) is 1. The third-order valence-electron chi connectivity index (χ3n) is 3.06. The molecule has 1 aromatic carbocycles. The van der Waals surface area contributed by atoms with Gasteiger partial charge in [0.1, 0.15) is 6.04 Å². The largest absolute Gasteiger partial charge is 0.480 e. The SMILES string of the molecule is CSCCC(NC(=O)c1cccc(C)c1C)C(=O)O. The van der Waals surface area contributed by atoms with Crippen molar-refractivity contribution in [1.82, 2.24) is 5.32 Å². The number of hydrogen-bond acceptors (Lipinski definition) is 3. The Bertz CT molecular complexity index is 474. The molecular weight excluding hydrogens is 262 g/mol. The minimum absolute atomic E-state index is 0.324. The van der Waals surface area contributed by atoms with Crippen LogP contribution in [0.2, 0.25) is 0 Å². The molecule has 0 bridgehead atoms. The van der Waals surface area contributed by atoms with Crippen LogP contribution in [0.5, 0.6) is 0 Å². The van der Waals surface area contributed by atoms with Crippen LogP contribution in [0, 0.1) is 13.8 Å². The summed E-state index contributed by atoms with van der Waals surface area (Å²) in [5, 5.41) is 11.7. The van der Waals surface area contributed by atoms with Crippen LogP contribution in [0.1, 0.15) is 27.9 Å². The van der Waals surface area contributed by atoms with E-state index in [2.05, 4.69) is 5.32 Å². The summed E-state index contributed by atoms with van der Waals surface area (Å²) in [6.45, 7) is 3.79. The topological polar surface area (TPSA) is 66.4 Å². The van der Waals surface area contributed by atoms with Crippen molar-refractivity contribution in [3.05, 3.63) is 34.9 Å². The number of benzene rings is 1. The Hall–Kier alpha value is -1.49. The highest BCUT2D eigenvalue weighted by atomic mass is 32.2. The summed E-state index contributed by atoms with van der Waals surface area (Å²) >= 11 is 1.56. The van der Waals surface area contributed by atoms with Crippen LogP contribution in [0.25, 0.3) is 0 Å². The van der Waals surface area contributed by atoms with Crippen molar-refractivity contribution >= 4 is 23.6 Å². The zero-order valence-electron chi connectivity index (χ0n) is 11.4. The zero-order chi connectivity index (χ0) is 14.4. The van der Waals surface area contributed by atoms with Gasteiger partial charge < -0.3 is 10.4 Å². The van der Waals surface area contributed by atoms with E-state index in [1.807, 2.05) is 26.2 Å².